The quantitative estimate of drug-likeness (QED) is 0.116. The van der Waals surface area contributed by atoms with Crippen molar-refractivity contribution >= 4 is 202 Å². The van der Waals surface area contributed by atoms with Gasteiger partial charge in [0.05, 0.1) is 16.8 Å². The second kappa shape index (κ2) is 31.2. The number of benzene rings is 16. The van der Waals surface area contributed by atoms with E-state index in [1.165, 1.54) is 126 Å². The van der Waals surface area contributed by atoms with Crippen LogP contribution in [-0.2, 0) is 10.8 Å². The first-order valence-corrected chi connectivity index (χ1v) is 42.4. The van der Waals surface area contributed by atoms with Crippen molar-refractivity contribution < 1.29 is 6.13 Å². The number of allylic oxidation sites excluding steroid dienone is 8. The zero-order valence-electron chi connectivity index (χ0n) is 61.7. The lowest BCUT2D eigenvalue weighted by molar-refractivity contribution is 0.282. The molecule has 0 saturated heterocycles. The minimum absolute atomic E-state index is 0. The van der Waals surface area contributed by atoms with E-state index in [-0.39, 0.29) is 59.4 Å². The molecule has 2 spiro atoms. The lowest BCUT2D eigenvalue weighted by Crippen LogP contribution is -2.65. The molecule has 0 bridgehead atoms. The standard InChI is InChI=1S/C51H38B2BrN.C26H18BrN.C25H16B2Br2.CH4.FH.H2/c54-53-47-33-17-13-29-43(47)51(44-30-14-18-34-48(44)53)41-27-11-15-31-45(41)52(46-32-16-12-28-42(46)51)49-37-23-7-9-25-39(37)50(40-26-10-8-24-38(40)49)55(35-19-3-1-4-20-35)36-21-5-2-6-22-36;27-25-21-15-7-9-17-23(21)26(24-18-10-8-16-22(24)25)28(19-11-3-1-4-12-19)20-13-5-2-6-14-20;28-26-21-13-5-1-9-17(21)25(18-10-2-6-14-22(18)26)19-11-3-7-15-23(19)27(29)24-16-8-4-12-20(24)25;;;/h1-34,41,43,45,47H;1-18H;1-16H;1H4;2*1H/i;;;;;1+1. The summed E-state index contributed by atoms with van der Waals surface area (Å²) in [4.78, 5) is 4.82. The topological polar surface area (TPSA) is 6.48 Å². The summed E-state index contributed by atoms with van der Waals surface area (Å²) >= 11 is 16.1. The molecule has 11 heteroatoms. The first-order chi connectivity index (χ1) is 55.3. The van der Waals surface area contributed by atoms with Crippen LogP contribution in [-0.4, -0.2) is 23.3 Å². The molecule has 2 nitrogen and oxygen atoms in total. The first kappa shape index (κ1) is 74.6. The van der Waals surface area contributed by atoms with E-state index in [9.17, 15) is 0 Å². The van der Waals surface area contributed by atoms with Crippen molar-refractivity contribution in [1.29, 1.82) is 0 Å². The molecule has 16 aromatic rings. The maximum Gasteiger partial charge on any atom is 0.288 e. The van der Waals surface area contributed by atoms with Crippen molar-refractivity contribution in [3.63, 3.8) is 0 Å². The molecule has 0 amide bonds. The van der Waals surface area contributed by atoms with Gasteiger partial charge in [-0.05, 0) is 143 Å². The Bertz CT molecular complexity index is 6080. The number of fused-ring (bicyclic) bond motifs is 20. The van der Waals surface area contributed by atoms with Gasteiger partial charge in [-0.1, -0.05) is 410 Å². The minimum atomic E-state index is -0.311. The van der Waals surface area contributed by atoms with Gasteiger partial charge in [0.25, 0.3) is 16.6 Å². The van der Waals surface area contributed by atoms with Gasteiger partial charge in [0.2, 0.25) is 6.71 Å². The molecule has 4 heterocycles. The van der Waals surface area contributed by atoms with Gasteiger partial charge in [0, 0.05) is 55.6 Å². The Morgan fingerprint density at radius 2 is 0.535 bits per heavy atom. The molecular weight excluding hydrogens is 1650 g/mol. The Hall–Kier alpha value is -10.8. The molecular formula is C103H79B4Br4FN2. The van der Waals surface area contributed by atoms with Crippen molar-refractivity contribution in [3.8, 4) is 0 Å². The summed E-state index contributed by atoms with van der Waals surface area (Å²) in [5.74, 6) is 1.11. The summed E-state index contributed by atoms with van der Waals surface area (Å²) < 4.78 is 1.14. The lowest BCUT2D eigenvalue weighted by atomic mass is 9.22. The van der Waals surface area contributed by atoms with Crippen molar-refractivity contribution in [1.82, 2.24) is 0 Å². The highest BCUT2D eigenvalue weighted by Crippen LogP contribution is 2.62. The molecule has 114 heavy (non-hydrogen) atoms. The fraction of sp³-hybridized carbons (Fsp3) is 0.0680. The van der Waals surface area contributed by atoms with Crippen LogP contribution in [0.3, 0.4) is 0 Å². The third-order valence-corrected chi connectivity index (χ3v) is 28.7. The maximum atomic E-state index is 4.24. The van der Waals surface area contributed by atoms with Crippen LogP contribution in [0.2, 0.25) is 11.6 Å². The van der Waals surface area contributed by atoms with E-state index in [1.54, 1.807) is 0 Å². The molecule has 0 fully saturated rings. The van der Waals surface area contributed by atoms with Gasteiger partial charge in [-0.25, -0.2) is 0 Å². The van der Waals surface area contributed by atoms with E-state index < -0.39 is 0 Å². The predicted octanol–water partition coefficient (Wildman–Crippen LogP) is 24.2. The van der Waals surface area contributed by atoms with E-state index in [1.807, 2.05) is 0 Å². The second-order valence-electron chi connectivity index (χ2n) is 30.1. The Morgan fingerprint density at radius 3 is 0.912 bits per heavy atom. The van der Waals surface area contributed by atoms with Crippen LogP contribution >= 0.6 is 63.2 Å². The molecule has 4 aliphatic heterocycles. The van der Waals surface area contributed by atoms with Gasteiger partial charge < -0.3 is 9.80 Å². The summed E-state index contributed by atoms with van der Waals surface area (Å²) in [7, 11) is 0. The first-order valence-electron chi connectivity index (χ1n) is 38.9. The fourth-order valence-corrected chi connectivity index (χ4v) is 23.6. The molecule has 5 unspecified atom stereocenters. The molecule has 0 saturated carbocycles. The molecule has 0 radical (unpaired) electrons. The molecule has 22 rings (SSSR count). The summed E-state index contributed by atoms with van der Waals surface area (Å²) in [6, 6.07) is 133. The molecule has 548 valence electrons. The van der Waals surface area contributed by atoms with E-state index >= 15 is 0 Å². The average Bonchev–Trinajstić information content (AvgIpc) is 0.682. The van der Waals surface area contributed by atoms with E-state index in [4.69, 9.17) is 0 Å². The van der Waals surface area contributed by atoms with Crippen LogP contribution in [0.4, 0.5) is 38.8 Å². The summed E-state index contributed by atoms with van der Waals surface area (Å²) in [5, 5.41) is 10.0. The number of rotatable bonds is 7. The highest BCUT2D eigenvalue weighted by atomic mass is 79.9. The van der Waals surface area contributed by atoms with Crippen LogP contribution in [0.1, 0.15) is 42.2 Å². The highest BCUT2D eigenvalue weighted by molar-refractivity contribution is 9.25. The van der Waals surface area contributed by atoms with Gasteiger partial charge >= 0.3 is 0 Å². The van der Waals surface area contributed by atoms with Gasteiger partial charge in [0.1, 0.15) is 0 Å². The Balaban J connectivity index is 0.000000134. The zero-order valence-corrected chi connectivity index (χ0v) is 68.0. The summed E-state index contributed by atoms with van der Waals surface area (Å²) in [5.41, 5.74) is 25.2. The van der Waals surface area contributed by atoms with Crippen LogP contribution in [0, 0.1) is 11.8 Å². The second-order valence-corrected chi connectivity index (χ2v) is 33.7. The number of anilines is 6. The van der Waals surface area contributed by atoms with Gasteiger partial charge in [-0.2, -0.15) is 0 Å². The van der Waals surface area contributed by atoms with E-state index in [0.717, 1.165) is 27.2 Å². The zero-order chi connectivity index (χ0) is 75.0. The third kappa shape index (κ3) is 11.8. The van der Waals surface area contributed by atoms with Gasteiger partial charge in [0.15, 0.2) is 0 Å². The molecule has 2 aliphatic carbocycles. The van der Waals surface area contributed by atoms with Crippen molar-refractivity contribution in [2.24, 2.45) is 11.8 Å². The molecule has 6 aliphatic rings. The Morgan fingerprint density at radius 1 is 0.272 bits per heavy atom. The van der Waals surface area contributed by atoms with Crippen LogP contribution in [0.15, 0.2) is 417 Å². The summed E-state index contributed by atoms with van der Waals surface area (Å²) in [6.45, 7) is 0.134. The highest BCUT2D eigenvalue weighted by Gasteiger charge is 2.62. The smallest absolute Gasteiger partial charge is 0.288 e. The lowest BCUT2D eigenvalue weighted by Gasteiger charge is -2.59. The monoisotopic (exact) mass is 1720 g/mol. The van der Waals surface area contributed by atoms with Crippen molar-refractivity contribution in [2.45, 2.75) is 29.9 Å². The average molecular weight is 1730 g/mol. The van der Waals surface area contributed by atoms with E-state index in [0.29, 0.717) is 11.7 Å². The van der Waals surface area contributed by atoms with Gasteiger partial charge in [-0.3, -0.25) is 4.70 Å². The number of hydrogen-bond donors (Lipinski definition) is 0. The fourth-order valence-electron chi connectivity index (χ4n) is 20.4. The maximum absolute atomic E-state index is 4.24. The Labute approximate surface area is 704 Å². The molecule has 0 N–H and O–H groups in total. The predicted molar refractivity (Wildman–Crippen MR) is 508 cm³/mol. The molecule has 5 atom stereocenters. The number of halogens is 5. The van der Waals surface area contributed by atoms with Crippen molar-refractivity contribution in [2.75, 3.05) is 9.80 Å². The minimum Gasteiger partial charge on any atom is -0.309 e. The van der Waals surface area contributed by atoms with Gasteiger partial charge in [-0.15, -0.1) is 47.3 Å². The van der Waals surface area contributed by atoms with Crippen LogP contribution < -0.4 is 48.0 Å². The van der Waals surface area contributed by atoms with Crippen LogP contribution in [0.25, 0.3) is 43.1 Å². The Kier molecular flexibility index (Phi) is 20.4. The van der Waals surface area contributed by atoms with E-state index in [2.05, 4.69) is 486 Å². The number of nitrogens with zero attached hydrogens (tertiary/aromatic N) is 2. The normalized spacial score (nSPS) is 17.8. The molecule has 0 aromatic heterocycles. The summed E-state index contributed by atoms with van der Waals surface area (Å²) in [6.07, 6.45) is 19.3. The molecule has 16 aromatic carbocycles. The largest absolute Gasteiger partial charge is 0.309 e. The number of para-hydroxylation sites is 4. The number of hydrogen-bond acceptors (Lipinski definition) is 2. The van der Waals surface area contributed by atoms with Crippen molar-refractivity contribution in [3.05, 3.63) is 450 Å². The SMILES string of the molecule is BrB1c2ccccc2C2(c3ccccc31)c1ccccc1B(Br)c1ccccc12.BrB1c2ccccc2C2(c3ccccc3B(c3c4ccccc4c(N(c4ccccc4)c4ccccc4)c4ccccc34)C3C=CC=CC32)C2C=CC=CC12.Brc1c2ccccc2c(N(c2ccccc2)c2ccccc2)c2ccccc12.C.F.[2HH]. The third-order valence-electron chi connectivity index (χ3n) is 24.7. The van der Waals surface area contributed by atoms with Crippen LogP contribution in [0.5, 0.6) is 0 Å².